The number of pyridine rings is 2. The van der Waals surface area contributed by atoms with Gasteiger partial charge in [0.1, 0.15) is 10.7 Å². The quantitative estimate of drug-likeness (QED) is 0.874. The number of nitrogens with one attached hydrogen (secondary N) is 1. The summed E-state index contributed by atoms with van der Waals surface area (Å²) in [4.78, 5) is 8.72. The molecule has 0 unspecified atom stereocenters. The van der Waals surface area contributed by atoms with Crippen LogP contribution in [0.25, 0.3) is 0 Å². The van der Waals surface area contributed by atoms with Gasteiger partial charge in [-0.1, -0.05) is 6.07 Å². The molecule has 2 aromatic rings. The molecule has 0 saturated carbocycles. The highest BCUT2D eigenvalue weighted by atomic mass is 32.2. The van der Waals surface area contributed by atoms with Gasteiger partial charge in [0.2, 0.25) is 10.0 Å². The van der Waals surface area contributed by atoms with Crippen molar-refractivity contribution in [2.45, 2.75) is 24.2 Å². The summed E-state index contributed by atoms with van der Waals surface area (Å²) in [7, 11) is -3.39. The number of aromatic nitrogens is 2. The van der Waals surface area contributed by atoms with Crippen LogP contribution in [0.3, 0.4) is 0 Å². The molecule has 1 saturated heterocycles. The van der Waals surface area contributed by atoms with Crippen molar-refractivity contribution in [3.8, 4) is 0 Å². The van der Waals surface area contributed by atoms with Crippen LogP contribution in [-0.4, -0.2) is 42.3 Å². The molecule has 7 heteroatoms. The summed E-state index contributed by atoms with van der Waals surface area (Å²) in [5.41, 5.74) is 1.01. The van der Waals surface area contributed by atoms with Crippen molar-refractivity contribution in [3.63, 3.8) is 0 Å². The topological polar surface area (TPSA) is 75.2 Å². The SMILES string of the molecule is O=S(=O)(c1ccc(NCCc2ccccn2)nc1)N1CCCC1. The number of anilines is 1. The van der Waals surface area contributed by atoms with Gasteiger partial charge in [0.25, 0.3) is 0 Å². The fraction of sp³-hybridized carbons (Fsp3) is 0.375. The predicted molar refractivity (Wildman–Crippen MR) is 88.7 cm³/mol. The summed E-state index contributed by atoms with van der Waals surface area (Å²) in [6, 6.07) is 9.14. The normalized spacial score (nSPS) is 15.7. The summed E-state index contributed by atoms with van der Waals surface area (Å²) >= 11 is 0. The zero-order chi connectivity index (χ0) is 16.1. The molecule has 6 nitrogen and oxygen atoms in total. The Bertz CT molecular complexity index is 726. The Balaban J connectivity index is 1.59. The summed E-state index contributed by atoms with van der Waals surface area (Å²) in [5, 5.41) is 3.18. The first kappa shape index (κ1) is 15.9. The maximum atomic E-state index is 12.4. The highest BCUT2D eigenvalue weighted by Gasteiger charge is 2.27. The standard InChI is InChI=1S/C16H20N4O2S/c21-23(22,20-11-3-4-12-20)15-6-7-16(19-13-15)18-10-8-14-5-1-2-9-17-14/h1-2,5-7,9,13H,3-4,8,10-12H2,(H,18,19). The molecule has 0 bridgehead atoms. The fourth-order valence-electron chi connectivity index (χ4n) is 2.58. The van der Waals surface area contributed by atoms with Crippen LogP contribution in [-0.2, 0) is 16.4 Å². The highest BCUT2D eigenvalue weighted by Crippen LogP contribution is 2.20. The van der Waals surface area contributed by atoms with Crippen molar-refractivity contribution >= 4 is 15.8 Å². The smallest absolute Gasteiger partial charge is 0.244 e. The first-order valence-electron chi connectivity index (χ1n) is 7.76. The lowest BCUT2D eigenvalue weighted by molar-refractivity contribution is 0.477. The van der Waals surface area contributed by atoms with E-state index in [1.807, 2.05) is 18.2 Å². The lowest BCUT2D eigenvalue weighted by Gasteiger charge is -2.15. The first-order valence-corrected chi connectivity index (χ1v) is 9.20. The van der Waals surface area contributed by atoms with Crippen molar-refractivity contribution < 1.29 is 8.42 Å². The molecule has 1 aliphatic rings. The van der Waals surface area contributed by atoms with Crippen LogP contribution in [0.1, 0.15) is 18.5 Å². The van der Waals surface area contributed by atoms with Gasteiger partial charge in [-0.05, 0) is 37.1 Å². The van der Waals surface area contributed by atoms with Crippen LogP contribution in [0.15, 0.2) is 47.6 Å². The van der Waals surface area contributed by atoms with Crippen molar-refractivity contribution in [1.82, 2.24) is 14.3 Å². The minimum Gasteiger partial charge on any atom is -0.370 e. The van der Waals surface area contributed by atoms with Crippen LogP contribution in [0, 0.1) is 0 Å². The van der Waals surface area contributed by atoms with E-state index in [-0.39, 0.29) is 4.90 Å². The minimum absolute atomic E-state index is 0.259. The first-order chi connectivity index (χ1) is 11.2. The lowest BCUT2D eigenvalue weighted by Crippen LogP contribution is -2.27. The molecule has 3 heterocycles. The second kappa shape index (κ2) is 7.06. The van der Waals surface area contributed by atoms with E-state index in [0.717, 1.165) is 25.0 Å². The summed E-state index contributed by atoms with van der Waals surface area (Å²) in [6.45, 7) is 1.90. The number of hydrogen-bond acceptors (Lipinski definition) is 5. The molecular weight excluding hydrogens is 312 g/mol. The molecule has 23 heavy (non-hydrogen) atoms. The molecule has 1 aliphatic heterocycles. The van der Waals surface area contributed by atoms with Gasteiger partial charge in [-0.25, -0.2) is 13.4 Å². The van der Waals surface area contributed by atoms with Gasteiger partial charge in [0.05, 0.1) is 0 Å². The van der Waals surface area contributed by atoms with Crippen LogP contribution >= 0.6 is 0 Å². The Morgan fingerprint density at radius 3 is 2.57 bits per heavy atom. The predicted octanol–water partition coefficient (Wildman–Crippen LogP) is 1.92. The number of rotatable bonds is 6. The van der Waals surface area contributed by atoms with Crippen molar-refractivity contribution in [2.75, 3.05) is 25.0 Å². The summed E-state index contributed by atoms with van der Waals surface area (Å²) < 4.78 is 26.3. The molecule has 1 fully saturated rings. The average Bonchev–Trinajstić information content (AvgIpc) is 3.12. The van der Waals surface area contributed by atoms with Crippen molar-refractivity contribution in [2.24, 2.45) is 0 Å². The zero-order valence-electron chi connectivity index (χ0n) is 12.9. The highest BCUT2D eigenvalue weighted by molar-refractivity contribution is 7.89. The van der Waals surface area contributed by atoms with Crippen LogP contribution < -0.4 is 5.32 Å². The van der Waals surface area contributed by atoms with E-state index in [9.17, 15) is 8.42 Å². The molecule has 2 aromatic heterocycles. The summed E-state index contributed by atoms with van der Waals surface area (Å²) in [5.74, 6) is 0.668. The largest absolute Gasteiger partial charge is 0.370 e. The minimum atomic E-state index is -3.39. The summed E-state index contributed by atoms with van der Waals surface area (Å²) in [6.07, 6.45) is 5.85. The van der Waals surface area contributed by atoms with Gasteiger partial charge in [0.15, 0.2) is 0 Å². The molecule has 3 rings (SSSR count). The second-order valence-electron chi connectivity index (χ2n) is 5.49. The van der Waals surface area contributed by atoms with Crippen LogP contribution in [0.5, 0.6) is 0 Å². The Hall–Kier alpha value is -1.99. The van der Waals surface area contributed by atoms with Gasteiger partial charge in [0, 0.05) is 44.1 Å². The van der Waals surface area contributed by atoms with Crippen molar-refractivity contribution in [3.05, 3.63) is 48.4 Å². The van der Waals surface area contributed by atoms with E-state index in [1.54, 1.807) is 18.3 Å². The van der Waals surface area contributed by atoms with Crippen LogP contribution in [0.2, 0.25) is 0 Å². The molecule has 0 radical (unpaired) electrons. The molecular formula is C16H20N4O2S. The fourth-order valence-corrected chi connectivity index (χ4v) is 4.04. The Morgan fingerprint density at radius 2 is 1.91 bits per heavy atom. The van der Waals surface area contributed by atoms with E-state index in [4.69, 9.17) is 0 Å². The zero-order valence-corrected chi connectivity index (χ0v) is 13.7. The molecule has 122 valence electrons. The average molecular weight is 332 g/mol. The van der Waals surface area contributed by atoms with Gasteiger partial charge < -0.3 is 5.32 Å². The maximum absolute atomic E-state index is 12.4. The third-order valence-electron chi connectivity index (χ3n) is 3.85. The van der Waals surface area contributed by atoms with Gasteiger partial charge in [-0.3, -0.25) is 4.98 Å². The molecule has 1 N–H and O–H groups in total. The van der Waals surface area contributed by atoms with Gasteiger partial charge >= 0.3 is 0 Å². The van der Waals surface area contributed by atoms with Gasteiger partial charge in [-0.2, -0.15) is 4.31 Å². The monoisotopic (exact) mass is 332 g/mol. The third kappa shape index (κ3) is 3.86. The number of hydrogen-bond donors (Lipinski definition) is 1. The number of sulfonamides is 1. The van der Waals surface area contributed by atoms with E-state index in [1.165, 1.54) is 10.5 Å². The molecule has 0 spiro atoms. The Morgan fingerprint density at radius 1 is 1.09 bits per heavy atom. The van der Waals surface area contributed by atoms with Gasteiger partial charge in [-0.15, -0.1) is 0 Å². The lowest BCUT2D eigenvalue weighted by atomic mass is 10.3. The number of nitrogens with zero attached hydrogens (tertiary/aromatic N) is 3. The second-order valence-corrected chi connectivity index (χ2v) is 7.43. The third-order valence-corrected chi connectivity index (χ3v) is 5.73. The molecule has 0 atom stereocenters. The molecule has 0 aliphatic carbocycles. The maximum Gasteiger partial charge on any atom is 0.244 e. The van der Waals surface area contributed by atoms with E-state index in [2.05, 4.69) is 15.3 Å². The van der Waals surface area contributed by atoms with E-state index >= 15 is 0 Å². The van der Waals surface area contributed by atoms with Crippen LogP contribution in [0.4, 0.5) is 5.82 Å². The van der Waals surface area contributed by atoms with E-state index < -0.39 is 10.0 Å². The molecule has 0 amide bonds. The Labute approximate surface area is 136 Å². The van der Waals surface area contributed by atoms with Crippen molar-refractivity contribution in [1.29, 1.82) is 0 Å². The molecule has 0 aromatic carbocycles. The van der Waals surface area contributed by atoms with E-state index in [0.29, 0.717) is 25.5 Å². The Kier molecular flexibility index (Phi) is 4.88.